The maximum Gasteiger partial charge on any atom is 0.310 e. The zero-order valence-corrected chi connectivity index (χ0v) is 11.6. The topological polar surface area (TPSA) is 129 Å². The Bertz CT molecular complexity index is 610. The van der Waals surface area contributed by atoms with E-state index in [9.17, 15) is 18.0 Å². The molecule has 0 aromatic heterocycles. The second-order valence-corrected chi connectivity index (χ2v) is 5.85. The summed E-state index contributed by atoms with van der Waals surface area (Å²) in [7, 11) is -4.55. The Morgan fingerprint density at radius 2 is 1.30 bits per heavy atom. The Morgan fingerprint density at radius 1 is 0.950 bits per heavy atom. The molecule has 0 aliphatic heterocycles. The third-order valence-electron chi connectivity index (χ3n) is 2.99. The average molecular weight is 302 g/mol. The summed E-state index contributed by atoms with van der Waals surface area (Å²) in [4.78, 5) is 21.4. The molecule has 1 aromatic carbocycles. The smallest absolute Gasteiger partial charge is 0.310 e. The standard InChI is InChI=1S/C12H14O7S/c1-6(11(13)14)8-3-9(7(2)12(15)16)5-10(4-8)20(17,18)19/h3-7H,1-2H3,(H,13,14)(H,15,16)(H,17,18,19). The lowest BCUT2D eigenvalue weighted by Gasteiger charge is -2.13. The van der Waals surface area contributed by atoms with Gasteiger partial charge in [-0.25, -0.2) is 0 Å². The van der Waals surface area contributed by atoms with Crippen molar-refractivity contribution in [3.05, 3.63) is 29.3 Å². The first-order chi connectivity index (χ1) is 9.04. The zero-order chi connectivity index (χ0) is 15.7. The summed E-state index contributed by atoms with van der Waals surface area (Å²) in [6.45, 7) is 2.67. The molecular formula is C12H14O7S. The normalized spacial score (nSPS) is 14.6. The van der Waals surface area contributed by atoms with Gasteiger partial charge in [0, 0.05) is 0 Å². The molecule has 8 heteroatoms. The molecule has 0 heterocycles. The van der Waals surface area contributed by atoms with Gasteiger partial charge in [0.25, 0.3) is 10.1 Å². The fraction of sp³-hybridized carbons (Fsp3) is 0.333. The van der Waals surface area contributed by atoms with Crippen LogP contribution >= 0.6 is 0 Å². The van der Waals surface area contributed by atoms with Crippen LogP contribution in [0.5, 0.6) is 0 Å². The number of benzene rings is 1. The number of carbonyl (C=O) groups is 2. The third kappa shape index (κ3) is 3.55. The first-order valence-electron chi connectivity index (χ1n) is 5.62. The maximum atomic E-state index is 11.2. The molecule has 0 saturated heterocycles. The fourth-order valence-electron chi connectivity index (χ4n) is 1.58. The van der Waals surface area contributed by atoms with Gasteiger partial charge in [0.2, 0.25) is 0 Å². The van der Waals surface area contributed by atoms with Crippen molar-refractivity contribution >= 4 is 22.1 Å². The number of rotatable bonds is 5. The van der Waals surface area contributed by atoms with Crippen molar-refractivity contribution in [1.29, 1.82) is 0 Å². The van der Waals surface area contributed by atoms with Crippen LogP contribution < -0.4 is 0 Å². The SMILES string of the molecule is CC(C(=O)O)c1cc(C(C)C(=O)O)cc(S(=O)(=O)O)c1. The molecule has 0 radical (unpaired) electrons. The van der Waals surface area contributed by atoms with Crippen LogP contribution in [0.25, 0.3) is 0 Å². The molecule has 1 aromatic rings. The molecule has 0 aliphatic rings. The van der Waals surface area contributed by atoms with Gasteiger partial charge in [-0.1, -0.05) is 6.07 Å². The van der Waals surface area contributed by atoms with E-state index < -0.39 is 38.8 Å². The molecule has 3 N–H and O–H groups in total. The van der Waals surface area contributed by atoms with Crippen molar-refractivity contribution in [3.8, 4) is 0 Å². The minimum atomic E-state index is -4.55. The lowest BCUT2D eigenvalue weighted by atomic mass is 9.94. The average Bonchev–Trinajstić information content (AvgIpc) is 2.34. The Morgan fingerprint density at radius 3 is 1.55 bits per heavy atom. The molecule has 20 heavy (non-hydrogen) atoms. The van der Waals surface area contributed by atoms with Crippen molar-refractivity contribution < 1.29 is 32.8 Å². The van der Waals surface area contributed by atoms with Crippen LogP contribution in [-0.2, 0) is 19.7 Å². The molecular weight excluding hydrogens is 288 g/mol. The summed E-state index contributed by atoms with van der Waals surface area (Å²) < 4.78 is 31.4. The summed E-state index contributed by atoms with van der Waals surface area (Å²) in [6, 6.07) is 3.35. The molecule has 0 spiro atoms. The van der Waals surface area contributed by atoms with Crippen LogP contribution in [0.2, 0.25) is 0 Å². The highest BCUT2D eigenvalue weighted by molar-refractivity contribution is 7.85. The molecule has 0 aliphatic carbocycles. The van der Waals surface area contributed by atoms with Crippen LogP contribution in [0.3, 0.4) is 0 Å². The lowest BCUT2D eigenvalue weighted by molar-refractivity contribution is -0.139. The molecule has 2 atom stereocenters. The molecule has 0 fully saturated rings. The molecule has 7 nitrogen and oxygen atoms in total. The first kappa shape index (κ1) is 16.1. The van der Waals surface area contributed by atoms with Gasteiger partial charge in [0.15, 0.2) is 0 Å². The second-order valence-electron chi connectivity index (χ2n) is 4.43. The summed E-state index contributed by atoms with van der Waals surface area (Å²) in [5.41, 5.74) is 0.214. The summed E-state index contributed by atoms with van der Waals surface area (Å²) in [6.07, 6.45) is 0. The van der Waals surface area contributed by atoms with Gasteiger partial charge < -0.3 is 10.2 Å². The van der Waals surface area contributed by atoms with E-state index >= 15 is 0 Å². The Labute approximate surface area is 115 Å². The largest absolute Gasteiger partial charge is 0.481 e. The van der Waals surface area contributed by atoms with Gasteiger partial charge in [-0.05, 0) is 37.1 Å². The number of aliphatic carboxylic acids is 2. The Hall–Kier alpha value is -1.93. The van der Waals surface area contributed by atoms with E-state index in [-0.39, 0.29) is 11.1 Å². The van der Waals surface area contributed by atoms with E-state index in [4.69, 9.17) is 14.8 Å². The van der Waals surface area contributed by atoms with E-state index in [0.29, 0.717) is 0 Å². The van der Waals surface area contributed by atoms with Crippen LogP contribution in [0.1, 0.15) is 36.8 Å². The van der Waals surface area contributed by atoms with E-state index in [1.807, 2.05) is 0 Å². The highest BCUT2D eigenvalue weighted by Crippen LogP contribution is 2.26. The molecule has 0 saturated carbocycles. The first-order valence-corrected chi connectivity index (χ1v) is 7.06. The minimum absolute atomic E-state index is 0.107. The summed E-state index contributed by atoms with van der Waals surface area (Å²) in [5.74, 6) is -4.44. The monoisotopic (exact) mass is 302 g/mol. The zero-order valence-electron chi connectivity index (χ0n) is 10.8. The van der Waals surface area contributed by atoms with Crippen LogP contribution in [0.4, 0.5) is 0 Å². The molecule has 0 bridgehead atoms. The van der Waals surface area contributed by atoms with Crippen molar-refractivity contribution in [1.82, 2.24) is 0 Å². The summed E-state index contributed by atoms with van der Waals surface area (Å²) in [5, 5.41) is 17.9. The van der Waals surface area contributed by atoms with Gasteiger partial charge in [-0.15, -0.1) is 0 Å². The second kappa shape index (κ2) is 5.59. The van der Waals surface area contributed by atoms with E-state index in [1.165, 1.54) is 19.9 Å². The fourth-order valence-corrected chi connectivity index (χ4v) is 2.15. The van der Waals surface area contributed by atoms with E-state index in [1.54, 1.807) is 0 Å². The molecule has 0 amide bonds. The third-order valence-corrected chi connectivity index (χ3v) is 3.82. The van der Waals surface area contributed by atoms with Gasteiger partial charge in [-0.2, -0.15) is 8.42 Å². The molecule has 110 valence electrons. The number of carboxylic acids is 2. The Kier molecular flexibility index (Phi) is 4.51. The molecule has 2 unspecified atom stereocenters. The van der Waals surface area contributed by atoms with E-state index in [2.05, 4.69) is 0 Å². The van der Waals surface area contributed by atoms with Crippen LogP contribution in [0, 0.1) is 0 Å². The Balaban J connectivity index is 3.51. The van der Waals surface area contributed by atoms with Crippen LogP contribution in [-0.4, -0.2) is 35.1 Å². The van der Waals surface area contributed by atoms with E-state index in [0.717, 1.165) is 12.1 Å². The van der Waals surface area contributed by atoms with Crippen molar-refractivity contribution in [3.63, 3.8) is 0 Å². The number of hydrogen-bond acceptors (Lipinski definition) is 4. The highest BCUT2D eigenvalue weighted by atomic mass is 32.2. The quantitative estimate of drug-likeness (QED) is 0.699. The van der Waals surface area contributed by atoms with Crippen molar-refractivity contribution in [2.75, 3.05) is 0 Å². The number of hydrogen-bond donors (Lipinski definition) is 3. The van der Waals surface area contributed by atoms with Crippen molar-refractivity contribution in [2.45, 2.75) is 30.6 Å². The van der Waals surface area contributed by atoms with Gasteiger partial charge in [0.05, 0.1) is 16.7 Å². The number of carboxylic acid groups (broad SMARTS) is 2. The summed E-state index contributed by atoms with van der Waals surface area (Å²) >= 11 is 0. The predicted octanol–water partition coefficient (Wildman–Crippen LogP) is 1.31. The van der Waals surface area contributed by atoms with Crippen LogP contribution in [0.15, 0.2) is 23.1 Å². The predicted molar refractivity (Wildman–Crippen MR) is 68.4 cm³/mol. The maximum absolute atomic E-state index is 11.2. The van der Waals surface area contributed by atoms with Gasteiger partial charge >= 0.3 is 11.9 Å². The van der Waals surface area contributed by atoms with Gasteiger partial charge in [-0.3, -0.25) is 14.1 Å². The van der Waals surface area contributed by atoms with Crippen molar-refractivity contribution in [2.24, 2.45) is 0 Å². The molecule has 1 rings (SSSR count). The minimum Gasteiger partial charge on any atom is -0.481 e. The highest BCUT2D eigenvalue weighted by Gasteiger charge is 2.22. The lowest BCUT2D eigenvalue weighted by Crippen LogP contribution is -2.13. The van der Waals surface area contributed by atoms with Gasteiger partial charge in [0.1, 0.15) is 0 Å².